The van der Waals surface area contributed by atoms with E-state index in [9.17, 15) is 0 Å². The maximum atomic E-state index is 4.57. The molecule has 0 saturated heterocycles. The maximum Gasteiger partial charge on any atom is 0.143 e. The van der Waals surface area contributed by atoms with Crippen LogP contribution in [0.15, 0.2) is 42.3 Å². The van der Waals surface area contributed by atoms with Gasteiger partial charge in [-0.05, 0) is 18.1 Å². The fourth-order valence-electron chi connectivity index (χ4n) is 2.00. The fourth-order valence-corrected chi connectivity index (χ4v) is 2.78. The number of aromatic nitrogens is 4. The van der Waals surface area contributed by atoms with Gasteiger partial charge in [-0.3, -0.25) is 15.0 Å². The molecule has 0 spiro atoms. The van der Waals surface area contributed by atoms with Gasteiger partial charge in [0.05, 0.1) is 17.6 Å². The van der Waals surface area contributed by atoms with Crippen LogP contribution in [0.2, 0.25) is 0 Å². The van der Waals surface area contributed by atoms with Crippen LogP contribution in [0, 0.1) is 0 Å². The summed E-state index contributed by atoms with van der Waals surface area (Å²) < 4.78 is 0. The summed E-state index contributed by atoms with van der Waals surface area (Å²) in [4.78, 5) is 17.3. The van der Waals surface area contributed by atoms with E-state index in [1.807, 2.05) is 11.6 Å². The van der Waals surface area contributed by atoms with E-state index in [0.717, 1.165) is 35.1 Å². The summed E-state index contributed by atoms with van der Waals surface area (Å²) in [6.45, 7) is 3.59. The van der Waals surface area contributed by atoms with Gasteiger partial charge < -0.3 is 5.32 Å². The van der Waals surface area contributed by atoms with Crippen LogP contribution in [0.1, 0.15) is 23.9 Å². The molecule has 3 heterocycles. The second kappa shape index (κ2) is 7.20. The van der Waals surface area contributed by atoms with Gasteiger partial charge in [-0.2, -0.15) is 0 Å². The molecule has 1 N–H and O–H groups in total. The van der Waals surface area contributed by atoms with Gasteiger partial charge in [0, 0.05) is 37.1 Å². The van der Waals surface area contributed by atoms with Crippen LogP contribution < -0.4 is 5.32 Å². The van der Waals surface area contributed by atoms with Crippen molar-refractivity contribution < 1.29 is 0 Å². The van der Waals surface area contributed by atoms with Crippen LogP contribution in [-0.4, -0.2) is 19.9 Å². The van der Waals surface area contributed by atoms with Crippen molar-refractivity contribution in [3.63, 3.8) is 0 Å². The number of aryl methyl sites for hydroxylation is 1. The van der Waals surface area contributed by atoms with Crippen molar-refractivity contribution in [3.05, 3.63) is 59.3 Å². The van der Waals surface area contributed by atoms with E-state index in [1.165, 1.54) is 5.56 Å². The van der Waals surface area contributed by atoms with Gasteiger partial charge in [-0.1, -0.05) is 13.0 Å². The zero-order valence-corrected chi connectivity index (χ0v) is 13.2. The van der Waals surface area contributed by atoms with Crippen molar-refractivity contribution in [2.24, 2.45) is 0 Å². The van der Waals surface area contributed by atoms with Gasteiger partial charge in [-0.25, -0.2) is 4.98 Å². The second-order valence-corrected chi connectivity index (χ2v) is 5.71. The van der Waals surface area contributed by atoms with E-state index in [-0.39, 0.29) is 0 Å². The highest BCUT2D eigenvalue weighted by atomic mass is 32.1. The first kappa shape index (κ1) is 14.7. The molecule has 0 saturated carbocycles. The van der Waals surface area contributed by atoms with Crippen LogP contribution in [0.3, 0.4) is 0 Å². The topological polar surface area (TPSA) is 63.6 Å². The molecule has 0 radical (unpaired) electrons. The maximum absolute atomic E-state index is 4.57. The van der Waals surface area contributed by atoms with Crippen molar-refractivity contribution in [2.45, 2.75) is 26.4 Å². The average molecular weight is 311 g/mol. The van der Waals surface area contributed by atoms with Gasteiger partial charge in [0.15, 0.2) is 0 Å². The third kappa shape index (κ3) is 3.72. The second-order valence-electron chi connectivity index (χ2n) is 4.85. The minimum absolute atomic E-state index is 0.716. The van der Waals surface area contributed by atoms with Gasteiger partial charge in [0.1, 0.15) is 10.7 Å². The molecule has 0 fully saturated rings. The molecular weight excluding hydrogens is 294 g/mol. The van der Waals surface area contributed by atoms with E-state index < -0.39 is 0 Å². The molecule has 22 heavy (non-hydrogen) atoms. The molecule has 0 unspecified atom stereocenters. The first-order valence-electron chi connectivity index (χ1n) is 7.20. The highest BCUT2D eigenvalue weighted by Gasteiger charge is 2.05. The minimum Gasteiger partial charge on any atom is -0.305 e. The highest BCUT2D eigenvalue weighted by molar-refractivity contribution is 7.13. The Morgan fingerprint density at radius 2 is 1.95 bits per heavy atom. The summed E-state index contributed by atoms with van der Waals surface area (Å²) in [7, 11) is 0. The molecule has 0 atom stereocenters. The van der Waals surface area contributed by atoms with Gasteiger partial charge in [-0.15, -0.1) is 11.3 Å². The first-order valence-corrected chi connectivity index (χ1v) is 8.08. The van der Waals surface area contributed by atoms with Crippen molar-refractivity contribution in [3.8, 4) is 10.7 Å². The lowest BCUT2D eigenvalue weighted by molar-refractivity contribution is 0.670. The summed E-state index contributed by atoms with van der Waals surface area (Å²) in [5.74, 6) is 0. The number of nitrogens with zero attached hydrogens (tertiary/aromatic N) is 4. The van der Waals surface area contributed by atoms with Crippen LogP contribution in [0.4, 0.5) is 0 Å². The van der Waals surface area contributed by atoms with E-state index >= 15 is 0 Å². The molecule has 112 valence electrons. The van der Waals surface area contributed by atoms with E-state index in [4.69, 9.17) is 0 Å². The number of hydrogen-bond acceptors (Lipinski definition) is 6. The van der Waals surface area contributed by atoms with Gasteiger partial charge >= 0.3 is 0 Å². The van der Waals surface area contributed by atoms with Crippen molar-refractivity contribution >= 4 is 11.3 Å². The van der Waals surface area contributed by atoms with E-state index in [1.54, 1.807) is 29.9 Å². The van der Waals surface area contributed by atoms with Crippen molar-refractivity contribution in [2.75, 3.05) is 0 Å². The van der Waals surface area contributed by atoms with Crippen LogP contribution in [0.25, 0.3) is 10.7 Å². The van der Waals surface area contributed by atoms with E-state index in [2.05, 4.69) is 44.3 Å². The van der Waals surface area contributed by atoms with Crippen molar-refractivity contribution in [1.82, 2.24) is 25.3 Å². The summed E-state index contributed by atoms with van der Waals surface area (Å²) in [5.41, 5.74) is 4.13. The molecule has 0 bridgehead atoms. The molecule has 0 aliphatic rings. The number of pyridine rings is 1. The highest BCUT2D eigenvalue weighted by Crippen LogP contribution is 2.20. The Balaban J connectivity index is 1.54. The average Bonchev–Trinajstić information content (AvgIpc) is 3.05. The molecule has 5 nitrogen and oxygen atoms in total. The SMILES string of the molecule is CCc1ccc(CNCc2csc(-c3cnccn3)n2)nc1. The van der Waals surface area contributed by atoms with Gasteiger partial charge in [0.2, 0.25) is 0 Å². The monoisotopic (exact) mass is 311 g/mol. The largest absolute Gasteiger partial charge is 0.305 e. The molecule has 3 aromatic rings. The Morgan fingerprint density at radius 1 is 1.05 bits per heavy atom. The van der Waals surface area contributed by atoms with Crippen LogP contribution >= 0.6 is 11.3 Å². The third-order valence-corrected chi connectivity index (χ3v) is 4.15. The molecular formula is C16H17N5S. The smallest absolute Gasteiger partial charge is 0.143 e. The standard InChI is InChI=1S/C16H17N5S/c1-2-12-3-4-13(20-7-12)8-18-9-14-11-22-16(21-14)15-10-17-5-6-19-15/h3-7,10-11,18H,2,8-9H2,1H3. The minimum atomic E-state index is 0.716. The summed E-state index contributed by atoms with van der Waals surface area (Å²) >= 11 is 1.58. The normalized spacial score (nSPS) is 10.8. The lowest BCUT2D eigenvalue weighted by Gasteiger charge is -2.03. The Morgan fingerprint density at radius 3 is 2.68 bits per heavy atom. The lowest BCUT2D eigenvalue weighted by atomic mass is 10.2. The Labute approximate surface area is 133 Å². The lowest BCUT2D eigenvalue weighted by Crippen LogP contribution is -2.13. The molecule has 0 aliphatic heterocycles. The third-order valence-electron chi connectivity index (χ3n) is 3.24. The van der Waals surface area contributed by atoms with Gasteiger partial charge in [0.25, 0.3) is 0 Å². The Kier molecular flexibility index (Phi) is 4.82. The fraction of sp³-hybridized carbons (Fsp3) is 0.250. The van der Waals surface area contributed by atoms with Crippen LogP contribution in [0.5, 0.6) is 0 Å². The molecule has 6 heteroatoms. The molecule has 0 aliphatic carbocycles. The van der Waals surface area contributed by atoms with E-state index in [0.29, 0.717) is 6.54 Å². The molecule has 3 rings (SSSR count). The van der Waals surface area contributed by atoms with Crippen molar-refractivity contribution in [1.29, 1.82) is 0 Å². The summed E-state index contributed by atoms with van der Waals surface area (Å²) in [5, 5.41) is 6.31. The Bertz CT molecular complexity index is 709. The summed E-state index contributed by atoms with van der Waals surface area (Å²) in [6.07, 6.45) is 8.03. The number of thiazole rings is 1. The quantitative estimate of drug-likeness (QED) is 0.758. The molecule has 3 aromatic heterocycles. The predicted molar refractivity (Wildman–Crippen MR) is 87.3 cm³/mol. The first-order chi connectivity index (χ1) is 10.8. The molecule has 0 aromatic carbocycles. The summed E-state index contributed by atoms with van der Waals surface area (Å²) in [6, 6.07) is 4.19. The van der Waals surface area contributed by atoms with Crippen LogP contribution in [-0.2, 0) is 19.5 Å². The zero-order chi connectivity index (χ0) is 15.2. The number of nitrogens with one attached hydrogen (secondary N) is 1. The zero-order valence-electron chi connectivity index (χ0n) is 12.4. The molecule has 0 amide bonds. The predicted octanol–water partition coefficient (Wildman–Crippen LogP) is 2.85. The Hall–Kier alpha value is -2.18. The number of hydrogen-bond donors (Lipinski definition) is 1. The number of rotatable bonds is 6.